The summed E-state index contributed by atoms with van der Waals surface area (Å²) < 4.78 is 0. The SMILES string of the molecule is O=C1c2cc(N3CCCc4ccccc43)c(N3CCCc4ccccc43)c(N3CCCc4ccccc43)c2C(O)N1c1ccccc1. The molecule has 0 saturated heterocycles. The topological polar surface area (TPSA) is 50.3 Å². The van der Waals surface area contributed by atoms with E-state index < -0.39 is 6.23 Å². The lowest BCUT2D eigenvalue weighted by Gasteiger charge is -2.42. The van der Waals surface area contributed by atoms with Crippen LogP contribution in [-0.2, 0) is 19.3 Å². The van der Waals surface area contributed by atoms with Gasteiger partial charge in [-0.05, 0) is 91.6 Å². The van der Waals surface area contributed by atoms with E-state index in [1.807, 2.05) is 30.3 Å². The molecule has 1 amide bonds. The Balaban J connectivity index is 1.38. The van der Waals surface area contributed by atoms with Crippen molar-refractivity contribution >= 4 is 45.7 Å². The fourth-order valence-corrected chi connectivity index (χ4v) is 8.38. The van der Waals surface area contributed by atoms with Crippen molar-refractivity contribution in [2.45, 2.75) is 44.8 Å². The number of nitrogens with zero attached hydrogens (tertiary/aromatic N) is 4. The van der Waals surface area contributed by atoms with Gasteiger partial charge in [-0.1, -0.05) is 72.8 Å². The zero-order valence-electron chi connectivity index (χ0n) is 26.5. The third kappa shape index (κ3) is 4.46. The first kappa shape index (κ1) is 28.2. The number of carbonyl (C=O) groups excluding carboxylic acids is 1. The first-order valence-electron chi connectivity index (χ1n) is 17.0. The Morgan fingerprint density at radius 1 is 0.532 bits per heavy atom. The first-order chi connectivity index (χ1) is 23.2. The van der Waals surface area contributed by atoms with Gasteiger partial charge in [-0.3, -0.25) is 9.69 Å². The predicted octanol–water partition coefficient (Wildman–Crippen LogP) is 8.59. The molecule has 4 aliphatic heterocycles. The molecule has 1 N–H and O–H groups in total. The van der Waals surface area contributed by atoms with Crippen molar-refractivity contribution in [3.05, 3.63) is 137 Å². The number of hydrogen-bond acceptors (Lipinski definition) is 5. The van der Waals surface area contributed by atoms with Gasteiger partial charge in [0.25, 0.3) is 5.91 Å². The molecule has 4 heterocycles. The zero-order chi connectivity index (χ0) is 31.5. The van der Waals surface area contributed by atoms with Crippen molar-refractivity contribution in [2.75, 3.05) is 39.2 Å². The van der Waals surface area contributed by atoms with Crippen molar-refractivity contribution in [1.29, 1.82) is 0 Å². The minimum atomic E-state index is -1.12. The van der Waals surface area contributed by atoms with Gasteiger partial charge in [0.2, 0.25) is 0 Å². The second-order valence-corrected chi connectivity index (χ2v) is 13.1. The van der Waals surface area contributed by atoms with E-state index in [-0.39, 0.29) is 5.91 Å². The van der Waals surface area contributed by atoms with Crippen molar-refractivity contribution in [3.8, 4) is 0 Å². The fourth-order valence-electron chi connectivity index (χ4n) is 8.38. The van der Waals surface area contributed by atoms with Crippen molar-refractivity contribution in [2.24, 2.45) is 0 Å². The number of anilines is 7. The van der Waals surface area contributed by atoms with E-state index in [2.05, 4.69) is 93.6 Å². The number of aliphatic hydroxyl groups excluding tert-OH is 1. The molecule has 47 heavy (non-hydrogen) atoms. The maximum absolute atomic E-state index is 14.6. The molecule has 5 aromatic carbocycles. The van der Waals surface area contributed by atoms with Crippen LogP contribution in [0.25, 0.3) is 0 Å². The molecule has 4 aliphatic rings. The third-order valence-electron chi connectivity index (χ3n) is 10.4. The van der Waals surface area contributed by atoms with Crippen LogP contribution in [0, 0.1) is 0 Å². The lowest BCUT2D eigenvalue weighted by atomic mass is 9.93. The molecule has 0 saturated carbocycles. The number of amides is 1. The first-order valence-corrected chi connectivity index (χ1v) is 17.0. The summed E-state index contributed by atoms with van der Waals surface area (Å²) in [5, 5.41) is 12.3. The molecule has 5 aromatic rings. The van der Waals surface area contributed by atoms with Gasteiger partial charge >= 0.3 is 0 Å². The summed E-state index contributed by atoms with van der Waals surface area (Å²) in [4.78, 5) is 23.5. The van der Waals surface area contributed by atoms with Crippen LogP contribution in [-0.4, -0.2) is 30.6 Å². The maximum atomic E-state index is 14.6. The fraction of sp³-hybridized carbons (Fsp3) is 0.244. The number of fused-ring (bicyclic) bond motifs is 4. The Bertz CT molecular complexity index is 2010. The van der Waals surface area contributed by atoms with Crippen LogP contribution in [0.15, 0.2) is 109 Å². The molecule has 9 rings (SSSR count). The minimum Gasteiger partial charge on any atom is -0.369 e. The summed E-state index contributed by atoms with van der Waals surface area (Å²) in [5.74, 6) is -0.164. The van der Waals surface area contributed by atoms with Gasteiger partial charge in [0.1, 0.15) is 0 Å². The van der Waals surface area contributed by atoms with Gasteiger partial charge in [-0.15, -0.1) is 0 Å². The number of carbonyl (C=O) groups is 1. The van der Waals surface area contributed by atoms with Crippen LogP contribution in [0.3, 0.4) is 0 Å². The second-order valence-electron chi connectivity index (χ2n) is 13.1. The Labute approximate surface area is 276 Å². The highest BCUT2D eigenvalue weighted by atomic mass is 16.3. The summed E-state index contributed by atoms with van der Waals surface area (Å²) in [6.45, 7) is 2.51. The molecule has 0 aliphatic carbocycles. The quantitative estimate of drug-likeness (QED) is 0.219. The van der Waals surface area contributed by atoms with E-state index in [0.717, 1.165) is 80.9 Å². The highest BCUT2D eigenvalue weighted by Gasteiger charge is 2.44. The molecular formula is C41H38N4O2. The van der Waals surface area contributed by atoms with E-state index in [9.17, 15) is 9.90 Å². The van der Waals surface area contributed by atoms with Crippen LogP contribution in [0.4, 0.5) is 39.8 Å². The van der Waals surface area contributed by atoms with Crippen molar-refractivity contribution < 1.29 is 9.90 Å². The Morgan fingerprint density at radius 3 is 1.57 bits per heavy atom. The Kier molecular flexibility index (Phi) is 6.79. The summed E-state index contributed by atoms with van der Waals surface area (Å²) in [6.07, 6.45) is 5.00. The lowest BCUT2D eigenvalue weighted by molar-refractivity contribution is 0.0935. The molecule has 234 valence electrons. The third-order valence-corrected chi connectivity index (χ3v) is 10.4. The van der Waals surface area contributed by atoms with E-state index in [0.29, 0.717) is 16.8 Å². The molecule has 6 nitrogen and oxygen atoms in total. The maximum Gasteiger partial charge on any atom is 0.261 e. The Hall–Kier alpha value is -5.07. The van der Waals surface area contributed by atoms with Crippen LogP contribution >= 0.6 is 0 Å². The number of para-hydroxylation sites is 4. The van der Waals surface area contributed by atoms with Gasteiger partial charge in [0, 0.05) is 47.9 Å². The van der Waals surface area contributed by atoms with Crippen molar-refractivity contribution in [1.82, 2.24) is 0 Å². The average Bonchev–Trinajstić information content (AvgIpc) is 3.39. The lowest BCUT2D eigenvalue weighted by Crippen LogP contribution is -2.33. The summed E-state index contributed by atoms with van der Waals surface area (Å²) in [6, 6.07) is 37.8. The standard InChI is InChI=1S/C41H38N4O2/c46-40-32-27-36(42-24-10-16-28-13-4-7-21-33(28)42)38(43-25-11-17-29-14-5-8-22-34(29)43)39(44-26-12-18-30-15-6-9-23-35(30)44)37(32)41(47)45(40)31-19-2-1-3-20-31/h1-9,13-15,19-23,27,41,47H,10-12,16-18,24-26H2. The van der Waals surface area contributed by atoms with Crippen LogP contribution in [0.2, 0.25) is 0 Å². The van der Waals surface area contributed by atoms with E-state index in [1.165, 1.54) is 28.1 Å². The average molecular weight is 619 g/mol. The largest absolute Gasteiger partial charge is 0.369 e. The van der Waals surface area contributed by atoms with E-state index in [1.54, 1.807) is 4.90 Å². The van der Waals surface area contributed by atoms with Crippen LogP contribution in [0.5, 0.6) is 0 Å². The normalized spacial score (nSPS) is 18.5. The number of hydrogen-bond donors (Lipinski definition) is 1. The predicted molar refractivity (Wildman–Crippen MR) is 190 cm³/mol. The molecule has 0 fully saturated rings. The van der Waals surface area contributed by atoms with Gasteiger partial charge in [-0.2, -0.15) is 0 Å². The van der Waals surface area contributed by atoms with E-state index in [4.69, 9.17) is 0 Å². The molecule has 1 atom stereocenters. The highest BCUT2D eigenvalue weighted by Crippen LogP contribution is 2.56. The smallest absolute Gasteiger partial charge is 0.261 e. The molecule has 0 radical (unpaired) electrons. The molecule has 0 aromatic heterocycles. The Morgan fingerprint density at radius 2 is 1.00 bits per heavy atom. The van der Waals surface area contributed by atoms with Gasteiger partial charge in [0.05, 0.1) is 22.6 Å². The number of rotatable bonds is 4. The molecule has 0 bridgehead atoms. The summed E-state index contributed by atoms with van der Waals surface area (Å²) in [5.41, 5.74) is 12.5. The minimum absolute atomic E-state index is 0.164. The number of benzene rings is 5. The number of aliphatic hydroxyl groups is 1. The van der Waals surface area contributed by atoms with Gasteiger partial charge in [-0.25, -0.2) is 0 Å². The monoisotopic (exact) mass is 618 g/mol. The summed E-state index contributed by atoms with van der Waals surface area (Å²) >= 11 is 0. The van der Waals surface area contributed by atoms with Crippen LogP contribution < -0.4 is 19.6 Å². The molecular weight excluding hydrogens is 580 g/mol. The molecule has 6 heteroatoms. The van der Waals surface area contributed by atoms with Crippen LogP contribution in [0.1, 0.15) is 58.1 Å². The van der Waals surface area contributed by atoms with Gasteiger partial charge in [0.15, 0.2) is 6.23 Å². The molecule has 0 spiro atoms. The zero-order valence-corrected chi connectivity index (χ0v) is 26.5. The van der Waals surface area contributed by atoms with E-state index >= 15 is 0 Å². The van der Waals surface area contributed by atoms with Crippen molar-refractivity contribution in [3.63, 3.8) is 0 Å². The summed E-state index contributed by atoms with van der Waals surface area (Å²) in [7, 11) is 0. The second kappa shape index (κ2) is 11.3. The number of aryl methyl sites for hydroxylation is 3. The highest BCUT2D eigenvalue weighted by molar-refractivity contribution is 6.15. The molecule has 1 unspecified atom stereocenters. The van der Waals surface area contributed by atoms with Gasteiger partial charge < -0.3 is 19.8 Å².